The standard InChI is InChI=1S/C15H12N4OS/c1-2-14-18-13(9-21-14)19-15(20)12(17)7-10-5-3-4-6-11(10)8-16/h1,3-6,9,12H,7,17H2,(H,19,20). The summed E-state index contributed by atoms with van der Waals surface area (Å²) in [6.07, 6.45) is 5.50. The molecule has 6 heteroatoms. The van der Waals surface area contributed by atoms with Crippen molar-refractivity contribution in [3.05, 3.63) is 45.8 Å². The van der Waals surface area contributed by atoms with Gasteiger partial charge < -0.3 is 11.1 Å². The molecule has 2 rings (SSSR count). The minimum absolute atomic E-state index is 0.279. The van der Waals surface area contributed by atoms with Gasteiger partial charge in [0.15, 0.2) is 5.01 Å². The number of nitriles is 1. The van der Waals surface area contributed by atoms with Crippen molar-refractivity contribution >= 4 is 23.1 Å². The third-order valence-electron chi connectivity index (χ3n) is 2.79. The number of anilines is 1. The van der Waals surface area contributed by atoms with Gasteiger partial charge in [-0.1, -0.05) is 18.2 Å². The zero-order chi connectivity index (χ0) is 15.2. The van der Waals surface area contributed by atoms with E-state index in [0.29, 0.717) is 16.4 Å². The van der Waals surface area contributed by atoms with E-state index in [1.54, 1.807) is 29.6 Å². The molecule has 0 aliphatic rings. The van der Waals surface area contributed by atoms with Crippen molar-refractivity contribution in [1.82, 2.24) is 4.98 Å². The number of hydrogen-bond acceptors (Lipinski definition) is 5. The second-order valence-electron chi connectivity index (χ2n) is 4.25. The molecule has 5 nitrogen and oxygen atoms in total. The molecule has 1 amide bonds. The summed E-state index contributed by atoms with van der Waals surface area (Å²) in [5.41, 5.74) is 7.13. The van der Waals surface area contributed by atoms with Crippen LogP contribution >= 0.6 is 11.3 Å². The molecule has 0 radical (unpaired) electrons. The van der Waals surface area contributed by atoms with Crippen LogP contribution < -0.4 is 11.1 Å². The fourth-order valence-electron chi connectivity index (χ4n) is 1.75. The maximum Gasteiger partial charge on any atom is 0.242 e. The zero-order valence-corrected chi connectivity index (χ0v) is 11.9. The van der Waals surface area contributed by atoms with E-state index in [0.717, 1.165) is 5.56 Å². The van der Waals surface area contributed by atoms with Crippen LogP contribution in [0.25, 0.3) is 0 Å². The number of nitrogens with zero attached hydrogens (tertiary/aromatic N) is 2. The van der Waals surface area contributed by atoms with E-state index in [1.165, 1.54) is 11.3 Å². The number of thiazole rings is 1. The first-order valence-corrected chi connectivity index (χ1v) is 6.98. The number of carbonyl (C=O) groups is 1. The number of nitrogens with one attached hydrogen (secondary N) is 1. The molecule has 21 heavy (non-hydrogen) atoms. The first kappa shape index (κ1) is 14.7. The van der Waals surface area contributed by atoms with Crippen LogP contribution in [0.3, 0.4) is 0 Å². The fourth-order valence-corrected chi connectivity index (χ4v) is 2.31. The average Bonchev–Trinajstić information content (AvgIpc) is 2.95. The molecule has 1 aromatic carbocycles. The second kappa shape index (κ2) is 6.67. The maximum atomic E-state index is 12.0. The number of amides is 1. The van der Waals surface area contributed by atoms with E-state index < -0.39 is 6.04 Å². The number of carbonyl (C=O) groups excluding carboxylic acids is 1. The van der Waals surface area contributed by atoms with Gasteiger partial charge in [-0.3, -0.25) is 4.79 Å². The smallest absolute Gasteiger partial charge is 0.242 e. The molecule has 1 heterocycles. The van der Waals surface area contributed by atoms with Crippen molar-refractivity contribution in [3.8, 4) is 18.4 Å². The Kier molecular flexibility index (Phi) is 4.68. The van der Waals surface area contributed by atoms with Gasteiger partial charge in [-0.05, 0) is 24.0 Å². The molecule has 0 aliphatic heterocycles. The fraction of sp³-hybridized carbons (Fsp3) is 0.133. The summed E-state index contributed by atoms with van der Waals surface area (Å²) in [6.45, 7) is 0. The number of rotatable bonds is 4. The number of benzene rings is 1. The molecule has 2 aromatic rings. The van der Waals surface area contributed by atoms with Crippen LogP contribution in [0, 0.1) is 23.7 Å². The Morgan fingerprint density at radius 3 is 2.95 bits per heavy atom. The number of hydrogen-bond donors (Lipinski definition) is 2. The van der Waals surface area contributed by atoms with Gasteiger partial charge in [-0.15, -0.1) is 17.8 Å². The van der Waals surface area contributed by atoms with E-state index in [1.807, 2.05) is 0 Å². The second-order valence-corrected chi connectivity index (χ2v) is 5.11. The van der Waals surface area contributed by atoms with E-state index in [2.05, 4.69) is 22.3 Å². The summed E-state index contributed by atoms with van der Waals surface area (Å²) in [6, 6.07) is 8.36. The van der Waals surface area contributed by atoms with Gasteiger partial charge >= 0.3 is 0 Å². The molecular formula is C15H12N4OS. The van der Waals surface area contributed by atoms with E-state index >= 15 is 0 Å². The van der Waals surface area contributed by atoms with Crippen molar-refractivity contribution in [3.63, 3.8) is 0 Å². The van der Waals surface area contributed by atoms with Gasteiger partial charge in [-0.25, -0.2) is 4.98 Å². The summed E-state index contributed by atoms with van der Waals surface area (Å²) in [5, 5.41) is 13.8. The quantitative estimate of drug-likeness (QED) is 0.836. The minimum atomic E-state index is -0.768. The average molecular weight is 296 g/mol. The predicted octanol–water partition coefficient (Wildman–Crippen LogP) is 1.50. The van der Waals surface area contributed by atoms with Crippen molar-refractivity contribution in [2.24, 2.45) is 5.73 Å². The largest absolute Gasteiger partial charge is 0.320 e. The Labute approximate surface area is 126 Å². The molecule has 0 aliphatic carbocycles. The predicted molar refractivity (Wildman–Crippen MR) is 81.5 cm³/mol. The Hall–Kier alpha value is -2.67. The minimum Gasteiger partial charge on any atom is -0.320 e. The van der Waals surface area contributed by atoms with E-state index in [9.17, 15) is 4.79 Å². The van der Waals surface area contributed by atoms with Crippen LogP contribution in [-0.2, 0) is 11.2 Å². The number of aromatic nitrogens is 1. The first-order valence-electron chi connectivity index (χ1n) is 6.10. The zero-order valence-electron chi connectivity index (χ0n) is 11.0. The highest BCUT2D eigenvalue weighted by molar-refractivity contribution is 7.10. The third-order valence-corrected chi connectivity index (χ3v) is 3.57. The Morgan fingerprint density at radius 2 is 2.29 bits per heavy atom. The Balaban J connectivity index is 2.03. The highest BCUT2D eigenvalue weighted by Gasteiger charge is 2.17. The number of terminal acetylenes is 1. The summed E-state index contributed by atoms with van der Waals surface area (Å²) in [5.74, 6) is 2.42. The van der Waals surface area contributed by atoms with Crippen molar-refractivity contribution in [2.45, 2.75) is 12.5 Å². The SMILES string of the molecule is C#Cc1nc(NC(=O)C(N)Cc2ccccc2C#N)cs1. The van der Waals surface area contributed by atoms with Crippen LogP contribution in [0.1, 0.15) is 16.1 Å². The Morgan fingerprint density at radius 1 is 1.52 bits per heavy atom. The van der Waals surface area contributed by atoms with Gasteiger partial charge in [-0.2, -0.15) is 5.26 Å². The van der Waals surface area contributed by atoms with Crippen LogP contribution in [0.5, 0.6) is 0 Å². The van der Waals surface area contributed by atoms with Crippen LogP contribution in [0.4, 0.5) is 5.82 Å². The lowest BCUT2D eigenvalue weighted by Gasteiger charge is -2.11. The molecule has 1 aromatic heterocycles. The molecule has 0 bridgehead atoms. The van der Waals surface area contributed by atoms with Crippen molar-refractivity contribution < 1.29 is 4.79 Å². The van der Waals surface area contributed by atoms with E-state index in [-0.39, 0.29) is 12.3 Å². The van der Waals surface area contributed by atoms with Crippen LogP contribution in [0.15, 0.2) is 29.6 Å². The lowest BCUT2D eigenvalue weighted by molar-refractivity contribution is -0.117. The summed E-state index contributed by atoms with van der Waals surface area (Å²) in [4.78, 5) is 16.0. The molecule has 0 fully saturated rings. The van der Waals surface area contributed by atoms with Crippen LogP contribution in [0.2, 0.25) is 0 Å². The molecule has 104 valence electrons. The van der Waals surface area contributed by atoms with Gasteiger partial charge in [0, 0.05) is 5.38 Å². The third kappa shape index (κ3) is 3.67. The summed E-state index contributed by atoms with van der Waals surface area (Å²) < 4.78 is 0. The lowest BCUT2D eigenvalue weighted by Crippen LogP contribution is -2.37. The van der Waals surface area contributed by atoms with Crippen LogP contribution in [-0.4, -0.2) is 16.9 Å². The van der Waals surface area contributed by atoms with E-state index in [4.69, 9.17) is 17.4 Å². The maximum absolute atomic E-state index is 12.0. The molecule has 0 spiro atoms. The van der Waals surface area contributed by atoms with Gasteiger partial charge in [0.2, 0.25) is 5.91 Å². The molecular weight excluding hydrogens is 284 g/mol. The summed E-state index contributed by atoms with van der Waals surface area (Å²) in [7, 11) is 0. The van der Waals surface area contributed by atoms with Crippen molar-refractivity contribution in [2.75, 3.05) is 5.32 Å². The monoisotopic (exact) mass is 296 g/mol. The topological polar surface area (TPSA) is 91.8 Å². The highest BCUT2D eigenvalue weighted by Crippen LogP contribution is 2.14. The molecule has 0 saturated heterocycles. The lowest BCUT2D eigenvalue weighted by atomic mass is 10.0. The molecule has 1 unspecified atom stereocenters. The highest BCUT2D eigenvalue weighted by atomic mass is 32.1. The van der Waals surface area contributed by atoms with Gasteiger partial charge in [0.1, 0.15) is 5.82 Å². The molecule has 1 atom stereocenters. The number of nitrogens with two attached hydrogens (primary N) is 1. The first-order chi connectivity index (χ1) is 10.1. The van der Waals surface area contributed by atoms with Gasteiger partial charge in [0.05, 0.1) is 17.7 Å². The normalized spacial score (nSPS) is 11.2. The van der Waals surface area contributed by atoms with Gasteiger partial charge in [0.25, 0.3) is 0 Å². The van der Waals surface area contributed by atoms with Crippen molar-refractivity contribution in [1.29, 1.82) is 5.26 Å². The summed E-state index contributed by atoms with van der Waals surface area (Å²) >= 11 is 1.27. The Bertz CT molecular complexity index is 739. The molecule has 3 N–H and O–H groups in total. The molecule has 0 saturated carbocycles.